The predicted octanol–water partition coefficient (Wildman–Crippen LogP) is 6.25. The first-order chi connectivity index (χ1) is 9.16. The summed E-state index contributed by atoms with van der Waals surface area (Å²) in [5.74, 6) is 1.80. The van der Waals surface area contributed by atoms with Crippen LogP contribution in [0.25, 0.3) is 6.08 Å². The van der Waals surface area contributed by atoms with Crippen molar-refractivity contribution >= 4 is 6.08 Å². The largest absolute Gasteiger partial charge is 0.0696 e. The van der Waals surface area contributed by atoms with Crippen molar-refractivity contribution in [3.8, 4) is 0 Å². The van der Waals surface area contributed by atoms with Crippen LogP contribution < -0.4 is 0 Å². The number of hydrogen-bond donors (Lipinski definition) is 0. The van der Waals surface area contributed by atoms with Crippen LogP contribution in [0.5, 0.6) is 0 Å². The van der Waals surface area contributed by atoms with Gasteiger partial charge >= 0.3 is 0 Å². The predicted molar refractivity (Wildman–Crippen MR) is 87.3 cm³/mol. The first-order valence-corrected chi connectivity index (χ1v) is 7.92. The Balaban J connectivity index is 0.000000861. The summed E-state index contributed by atoms with van der Waals surface area (Å²) in [5.41, 5.74) is 4.45. The van der Waals surface area contributed by atoms with Crippen molar-refractivity contribution in [2.24, 2.45) is 11.8 Å². The Morgan fingerprint density at radius 2 is 1.63 bits per heavy atom. The molecule has 1 aromatic carbocycles. The van der Waals surface area contributed by atoms with Crippen LogP contribution in [0.3, 0.4) is 0 Å². The number of aryl methyl sites for hydroxylation is 1. The van der Waals surface area contributed by atoms with E-state index in [9.17, 15) is 0 Å². The van der Waals surface area contributed by atoms with E-state index in [1.807, 2.05) is 13.8 Å². The monoisotopic (exact) mass is 258 g/mol. The average Bonchev–Trinajstić information content (AvgIpc) is 2.44. The molecule has 0 N–H and O–H groups in total. The Hall–Kier alpha value is -1.04. The van der Waals surface area contributed by atoms with E-state index in [0.717, 1.165) is 11.8 Å². The standard InChI is InChI=1S/C17H24.C2H6/c1-13(2)16-10-8-15(9-11-16)12-17-7-5-4-6-14(17)3;1-2/h4-7,12-13,16H,8-11H2,1-3H3;1-2H3. The summed E-state index contributed by atoms with van der Waals surface area (Å²) in [5, 5.41) is 0. The Kier molecular flexibility index (Phi) is 6.91. The van der Waals surface area contributed by atoms with Crippen LogP contribution in [0, 0.1) is 18.8 Å². The lowest BCUT2D eigenvalue weighted by Gasteiger charge is -2.27. The Labute approximate surface area is 119 Å². The Morgan fingerprint density at radius 1 is 1.05 bits per heavy atom. The number of allylic oxidation sites excluding steroid dienone is 1. The van der Waals surface area contributed by atoms with Crippen molar-refractivity contribution in [1.29, 1.82) is 0 Å². The third-order valence-corrected chi connectivity index (χ3v) is 4.16. The lowest BCUT2D eigenvalue weighted by atomic mass is 9.79. The third-order valence-electron chi connectivity index (χ3n) is 4.16. The summed E-state index contributed by atoms with van der Waals surface area (Å²) in [6, 6.07) is 8.69. The number of rotatable bonds is 2. The van der Waals surface area contributed by atoms with Gasteiger partial charge in [-0.3, -0.25) is 0 Å². The molecule has 0 spiro atoms. The zero-order valence-corrected chi connectivity index (χ0v) is 13.4. The molecule has 1 fully saturated rings. The second-order valence-corrected chi connectivity index (χ2v) is 5.74. The summed E-state index contributed by atoms with van der Waals surface area (Å²) in [7, 11) is 0. The van der Waals surface area contributed by atoms with Crippen LogP contribution >= 0.6 is 0 Å². The fraction of sp³-hybridized carbons (Fsp3) is 0.579. The minimum atomic E-state index is 0.856. The van der Waals surface area contributed by atoms with E-state index in [-0.39, 0.29) is 0 Å². The molecule has 0 aliphatic heterocycles. The van der Waals surface area contributed by atoms with Crippen molar-refractivity contribution in [2.45, 2.75) is 60.3 Å². The Morgan fingerprint density at radius 3 is 2.16 bits per heavy atom. The molecule has 0 heterocycles. The van der Waals surface area contributed by atoms with Gasteiger partial charge in [-0.25, -0.2) is 0 Å². The molecular weight excluding hydrogens is 228 g/mol. The molecule has 1 saturated carbocycles. The van der Waals surface area contributed by atoms with E-state index in [1.165, 1.54) is 36.8 Å². The molecule has 0 heteroatoms. The van der Waals surface area contributed by atoms with Crippen molar-refractivity contribution in [2.75, 3.05) is 0 Å². The zero-order chi connectivity index (χ0) is 14.3. The normalized spacial score (nSPS) is 18.8. The number of hydrogen-bond acceptors (Lipinski definition) is 0. The van der Waals surface area contributed by atoms with Crippen molar-refractivity contribution in [3.05, 3.63) is 41.0 Å². The van der Waals surface area contributed by atoms with Crippen LogP contribution in [0.2, 0.25) is 0 Å². The molecule has 1 aromatic rings. The van der Waals surface area contributed by atoms with Crippen molar-refractivity contribution in [3.63, 3.8) is 0 Å². The van der Waals surface area contributed by atoms with Crippen molar-refractivity contribution < 1.29 is 0 Å². The number of benzene rings is 1. The summed E-state index contributed by atoms with van der Waals surface area (Å²) in [4.78, 5) is 0. The van der Waals surface area contributed by atoms with Gasteiger partial charge in [0.15, 0.2) is 0 Å². The molecule has 0 unspecified atom stereocenters. The van der Waals surface area contributed by atoms with Gasteiger partial charge in [0.1, 0.15) is 0 Å². The van der Waals surface area contributed by atoms with Gasteiger partial charge in [-0.2, -0.15) is 0 Å². The summed E-state index contributed by atoms with van der Waals surface area (Å²) >= 11 is 0. The molecule has 19 heavy (non-hydrogen) atoms. The van der Waals surface area contributed by atoms with Gasteiger partial charge in [0, 0.05) is 0 Å². The van der Waals surface area contributed by atoms with Crippen LogP contribution in [-0.2, 0) is 0 Å². The molecule has 1 aliphatic carbocycles. The summed E-state index contributed by atoms with van der Waals surface area (Å²) in [6.07, 6.45) is 7.80. The first-order valence-electron chi connectivity index (χ1n) is 7.92. The highest BCUT2D eigenvalue weighted by atomic mass is 14.2. The SMILES string of the molecule is CC.Cc1ccccc1C=C1CCC(C(C)C)CC1. The van der Waals surface area contributed by atoms with Crippen molar-refractivity contribution in [1.82, 2.24) is 0 Å². The lowest BCUT2D eigenvalue weighted by Crippen LogP contribution is -2.13. The quantitative estimate of drug-likeness (QED) is 0.588. The second-order valence-electron chi connectivity index (χ2n) is 5.74. The fourth-order valence-electron chi connectivity index (χ4n) is 2.79. The van der Waals surface area contributed by atoms with Gasteiger partial charge < -0.3 is 0 Å². The fourth-order valence-corrected chi connectivity index (χ4v) is 2.79. The molecule has 1 aliphatic rings. The minimum Gasteiger partial charge on any atom is -0.0696 e. The molecule has 0 nitrogen and oxygen atoms in total. The maximum Gasteiger partial charge on any atom is -0.0228 e. The molecule has 2 rings (SSSR count). The van der Waals surface area contributed by atoms with Crippen LogP contribution in [0.1, 0.15) is 64.5 Å². The summed E-state index contributed by atoms with van der Waals surface area (Å²) in [6.45, 7) is 10.9. The summed E-state index contributed by atoms with van der Waals surface area (Å²) < 4.78 is 0. The van der Waals surface area contributed by atoms with E-state index in [0.29, 0.717) is 0 Å². The smallest absolute Gasteiger partial charge is 0.0228 e. The van der Waals surface area contributed by atoms with Gasteiger partial charge in [0.25, 0.3) is 0 Å². The third kappa shape index (κ3) is 4.86. The Bertz CT molecular complexity index is 388. The van der Waals surface area contributed by atoms with E-state index >= 15 is 0 Å². The van der Waals surface area contributed by atoms with Crippen LogP contribution in [-0.4, -0.2) is 0 Å². The molecule has 0 amide bonds. The van der Waals surface area contributed by atoms with Crippen LogP contribution in [0.15, 0.2) is 29.8 Å². The van der Waals surface area contributed by atoms with Gasteiger partial charge in [-0.05, 0) is 55.6 Å². The van der Waals surface area contributed by atoms with Gasteiger partial charge in [0.2, 0.25) is 0 Å². The highest BCUT2D eigenvalue weighted by molar-refractivity contribution is 5.56. The highest BCUT2D eigenvalue weighted by Gasteiger charge is 2.19. The maximum atomic E-state index is 2.42. The average molecular weight is 258 g/mol. The topological polar surface area (TPSA) is 0 Å². The first kappa shape index (κ1) is 16.0. The second kappa shape index (κ2) is 8.19. The van der Waals surface area contributed by atoms with E-state index in [2.05, 4.69) is 51.1 Å². The maximum absolute atomic E-state index is 2.42. The minimum absolute atomic E-state index is 0.856. The molecule has 106 valence electrons. The molecular formula is C19H30. The molecule has 0 bridgehead atoms. The van der Waals surface area contributed by atoms with E-state index < -0.39 is 0 Å². The molecule has 0 radical (unpaired) electrons. The molecule has 0 atom stereocenters. The zero-order valence-electron chi connectivity index (χ0n) is 13.4. The molecule has 0 saturated heterocycles. The molecule has 0 aromatic heterocycles. The van der Waals surface area contributed by atoms with Gasteiger partial charge in [-0.1, -0.05) is 63.6 Å². The van der Waals surface area contributed by atoms with E-state index in [4.69, 9.17) is 0 Å². The van der Waals surface area contributed by atoms with E-state index in [1.54, 1.807) is 5.57 Å². The lowest BCUT2D eigenvalue weighted by molar-refractivity contribution is 0.312. The highest BCUT2D eigenvalue weighted by Crippen LogP contribution is 2.33. The van der Waals surface area contributed by atoms with Gasteiger partial charge in [0.05, 0.1) is 0 Å². The van der Waals surface area contributed by atoms with Crippen LogP contribution in [0.4, 0.5) is 0 Å². The van der Waals surface area contributed by atoms with Gasteiger partial charge in [-0.15, -0.1) is 0 Å².